The van der Waals surface area contributed by atoms with Gasteiger partial charge in [0.2, 0.25) is 0 Å². The molecule has 156 valence electrons. The van der Waals surface area contributed by atoms with Crippen LogP contribution in [-0.2, 0) is 25.6 Å². The molecule has 7 nitrogen and oxygen atoms in total. The zero-order valence-electron chi connectivity index (χ0n) is 17.0. The predicted octanol–water partition coefficient (Wildman–Crippen LogP) is 3.60. The van der Waals surface area contributed by atoms with E-state index in [1.165, 1.54) is 14.2 Å². The first-order chi connectivity index (χ1) is 14.6. The first-order valence-corrected chi connectivity index (χ1v) is 9.53. The molecule has 1 heterocycles. The molecule has 0 unspecified atom stereocenters. The number of nitrogens with zero attached hydrogens (tertiary/aromatic N) is 1. The van der Waals surface area contributed by atoms with Gasteiger partial charge in [-0.1, -0.05) is 60.7 Å². The van der Waals surface area contributed by atoms with Gasteiger partial charge in [0.15, 0.2) is 6.29 Å². The van der Waals surface area contributed by atoms with Crippen LogP contribution in [0, 0.1) is 0 Å². The van der Waals surface area contributed by atoms with E-state index in [0.29, 0.717) is 24.8 Å². The molecule has 3 rings (SSSR count). The molecule has 0 aliphatic carbocycles. The normalized spacial score (nSPS) is 14.1. The summed E-state index contributed by atoms with van der Waals surface area (Å²) < 4.78 is 16.0. The Bertz CT molecular complexity index is 935. The largest absolute Gasteiger partial charge is 0.444 e. The van der Waals surface area contributed by atoms with Crippen molar-refractivity contribution < 1.29 is 23.8 Å². The molecular weight excluding hydrogens is 384 g/mol. The van der Waals surface area contributed by atoms with Crippen LogP contribution in [0.3, 0.4) is 0 Å². The third-order valence-corrected chi connectivity index (χ3v) is 4.81. The molecule has 1 aliphatic rings. The van der Waals surface area contributed by atoms with E-state index in [1.807, 2.05) is 60.7 Å². The number of hydrogen-bond acceptors (Lipinski definition) is 6. The summed E-state index contributed by atoms with van der Waals surface area (Å²) in [6, 6.07) is 19.0. The third-order valence-electron chi connectivity index (χ3n) is 4.81. The number of ether oxygens (including phenoxy) is 3. The van der Waals surface area contributed by atoms with Gasteiger partial charge >= 0.3 is 6.09 Å². The number of alkyl carbamates (subject to hydrolysis) is 1. The van der Waals surface area contributed by atoms with Gasteiger partial charge in [0.05, 0.1) is 0 Å². The quantitative estimate of drug-likeness (QED) is 0.533. The molecular formula is C23H24N2O5. The number of benzene rings is 2. The smallest absolute Gasteiger partial charge is 0.411 e. The number of methoxy groups -OCH3 is 2. The highest BCUT2D eigenvalue weighted by Crippen LogP contribution is 2.31. The Kier molecular flexibility index (Phi) is 7.11. The van der Waals surface area contributed by atoms with Crippen molar-refractivity contribution in [3.63, 3.8) is 0 Å². The Hall–Kier alpha value is -3.29. The zero-order chi connectivity index (χ0) is 21.4. The number of carbonyl (C=O) groups is 2. The van der Waals surface area contributed by atoms with Gasteiger partial charge in [-0.15, -0.1) is 0 Å². The number of hydrogen-bond donors (Lipinski definition) is 1. The molecule has 0 spiro atoms. The number of rotatable bonds is 8. The number of allylic oxidation sites excluding steroid dienone is 1. The Labute approximate surface area is 175 Å². The van der Waals surface area contributed by atoms with Gasteiger partial charge in [0.1, 0.15) is 12.3 Å². The molecule has 1 amide bonds. The molecule has 1 N–H and O–H groups in total. The molecule has 30 heavy (non-hydrogen) atoms. The van der Waals surface area contributed by atoms with Gasteiger partial charge in [0, 0.05) is 25.6 Å². The summed E-state index contributed by atoms with van der Waals surface area (Å²) in [4.78, 5) is 28.9. The van der Waals surface area contributed by atoms with Crippen molar-refractivity contribution in [2.24, 2.45) is 4.99 Å². The highest BCUT2D eigenvalue weighted by Gasteiger charge is 2.39. The summed E-state index contributed by atoms with van der Waals surface area (Å²) in [5.74, 6) is -1.73. The van der Waals surface area contributed by atoms with Gasteiger partial charge in [-0.25, -0.2) is 9.79 Å². The minimum Gasteiger partial charge on any atom is -0.444 e. The van der Waals surface area contributed by atoms with E-state index < -0.39 is 11.9 Å². The highest BCUT2D eigenvalue weighted by atomic mass is 16.7. The second kappa shape index (κ2) is 9.96. The monoisotopic (exact) mass is 408 g/mol. The van der Waals surface area contributed by atoms with Gasteiger partial charge in [0.25, 0.3) is 5.79 Å². The Morgan fingerprint density at radius 1 is 1.03 bits per heavy atom. The molecule has 0 radical (unpaired) electrons. The molecule has 2 aromatic rings. The Balaban J connectivity index is 1.88. The second-order valence-corrected chi connectivity index (χ2v) is 6.63. The fourth-order valence-electron chi connectivity index (χ4n) is 3.18. The lowest BCUT2D eigenvalue weighted by atomic mass is 9.98. The summed E-state index contributed by atoms with van der Waals surface area (Å²) in [6.45, 7) is 0.126. The van der Waals surface area contributed by atoms with Crippen LogP contribution in [0.4, 0.5) is 4.79 Å². The van der Waals surface area contributed by atoms with E-state index in [2.05, 4.69) is 10.3 Å². The molecule has 2 aromatic carbocycles. The van der Waals surface area contributed by atoms with Crippen molar-refractivity contribution in [2.75, 3.05) is 14.2 Å². The third kappa shape index (κ3) is 4.82. The topological polar surface area (TPSA) is 86.2 Å². The summed E-state index contributed by atoms with van der Waals surface area (Å²) in [5, 5.41) is 2.71. The van der Waals surface area contributed by atoms with Crippen LogP contribution in [0.25, 0.3) is 0 Å². The van der Waals surface area contributed by atoms with Crippen LogP contribution >= 0.6 is 0 Å². The zero-order valence-corrected chi connectivity index (χ0v) is 17.0. The Morgan fingerprint density at radius 3 is 2.27 bits per heavy atom. The average molecular weight is 408 g/mol. The lowest BCUT2D eigenvalue weighted by Crippen LogP contribution is -2.41. The van der Waals surface area contributed by atoms with Gasteiger partial charge < -0.3 is 14.2 Å². The van der Waals surface area contributed by atoms with Crippen molar-refractivity contribution in [3.8, 4) is 0 Å². The lowest BCUT2D eigenvalue weighted by molar-refractivity contribution is -0.178. The van der Waals surface area contributed by atoms with E-state index in [1.54, 1.807) is 0 Å². The Morgan fingerprint density at radius 2 is 1.67 bits per heavy atom. The molecule has 0 bridgehead atoms. The fourth-order valence-corrected chi connectivity index (χ4v) is 3.18. The van der Waals surface area contributed by atoms with E-state index in [9.17, 15) is 9.59 Å². The molecule has 0 saturated heterocycles. The second-order valence-electron chi connectivity index (χ2n) is 6.63. The minimum absolute atomic E-state index is 0.126. The number of amides is 1. The van der Waals surface area contributed by atoms with Crippen LogP contribution in [-0.4, -0.2) is 38.1 Å². The van der Waals surface area contributed by atoms with Crippen molar-refractivity contribution in [3.05, 3.63) is 83.2 Å². The van der Waals surface area contributed by atoms with Gasteiger partial charge in [-0.05, 0) is 24.0 Å². The van der Waals surface area contributed by atoms with Crippen LogP contribution < -0.4 is 5.32 Å². The van der Waals surface area contributed by atoms with E-state index >= 15 is 0 Å². The number of aliphatic imine (C=N–C) groups is 1. The maximum atomic E-state index is 12.4. The van der Waals surface area contributed by atoms with Crippen molar-refractivity contribution >= 4 is 18.1 Å². The van der Waals surface area contributed by atoms with Crippen LogP contribution in [0.5, 0.6) is 0 Å². The first-order valence-electron chi connectivity index (χ1n) is 9.53. The minimum atomic E-state index is -1.73. The summed E-state index contributed by atoms with van der Waals surface area (Å²) in [7, 11) is 2.70. The van der Waals surface area contributed by atoms with Crippen molar-refractivity contribution in [2.45, 2.75) is 25.2 Å². The van der Waals surface area contributed by atoms with Crippen LogP contribution in [0.2, 0.25) is 0 Å². The van der Waals surface area contributed by atoms with Gasteiger partial charge in [-0.3, -0.25) is 10.1 Å². The molecule has 0 fully saturated rings. The molecule has 7 heteroatoms. The number of aldehydes is 1. The molecule has 0 saturated carbocycles. The summed E-state index contributed by atoms with van der Waals surface area (Å²) >= 11 is 0. The number of carbonyl (C=O) groups excluding carboxylic acids is 2. The fraction of sp³-hybridized carbons (Fsp3) is 0.261. The maximum Gasteiger partial charge on any atom is 0.411 e. The van der Waals surface area contributed by atoms with Crippen LogP contribution in [0.15, 0.2) is 77.1 Å². The first kappa shape index (κ1) is 21.4. The maximum absolute atomic E-state index is 12.4. The van der Waals surface area contributed by atoms with Crippen LogP contribution in [0.1, 0.15) is 24.0 Å². The molecule has 1 aliphatic heterocycles. The summed E-state index contributed by atoms with van der Waals surface area (Å²) in [5.41, 5.74) is 3.18. The van der Waals surface area contributed by atoms with Crippen molar-refractivity contribution in [1.29, 1.82) is 0 Å². The van der Waals surface area contributed by atoms with Gasteiger partial charge in [-0.2, -0.15) is 0 Å². The highest BCUT2D eigenvalue weighted by molar-refractivity contribution is 6.02. The van der Waals surface area contributed by atoms with E-state index in [4.69, 9.17) is 14.2 Å². The number of nitrogens with one attached hydrogen (secondary N) is 1. The average Bonchev–Trinajstić information content (AvgIpc) is 2.81. The SMILES string of the molecule is COC(C=O)(OC)C1=C(NC(=O)OCc2ccccc2)CCC(c2ccccc2)=N1. The lowest BCUT2D eigenvalue weighted by Gasteiger charge is -2.30. The predicted molar refractivity (Wildman–Crippen MR) is 112 cm³/mol. The molecule has 0 aromatic heterocycles. The molecule has 0 atom stereocenters. The summed E-state index contributed by atoms with van der Waals surface area (Å²) in [6.07, 6.45) is 0.893. The van der Waals surface area contributed by atoms with E-state index in [0.717, 1.165) is 16.8 Å². The van der Waals surface area contributed by atoms with Crippen molar-refractivity contribution in [1.82, 2.24) is 5.32 Å². The standard InChI is InChI=1S/C23H24N2O5/c1-28-23(16-26,29-2)21-20(14-13-19(24-21)18-11-7-4-8-12-18)25-22(27)30-15-17-9-5-3-6-10-17/h3-12,16H,13-15H2,1-2H3,(H,25,27). The van der Waals surface area contributed by atoms with E-state index in [-0.39, 0.29) is 12.3 Å².